The Balaban J connectivity index is 1.47. The van der Waals surface area contributed by atoms with Crippen molar-refractivity contribution in [1.29, 1.82) is 0 Å². The molecule has 0 unspecified atom stereocenters. The first-order valence-corrected chi connectivity index (χ1v) is 9.48. The number of aliphatic hydroxyl groups excluding tert-OH is 1. The molecule has 1 aliphatic heterocycles. The SMILES string of the molecule is C[C@@H](O)CN(Cc1cccc(Oc2ncccn2)c1)Cc1ccc2c(c1)OCO2. The van der Waals surface area contributed by atoms with Gasteiger partial charge in [-0.05, 0) is 48.4 Å². The highest BCUT2D eigenvalue weighted by Gasteiger charge is 2.16. The van der Waals surface area contributed by atoms with Crippen molar-refractivity contribution in [3.63, 3.8) is 0 Å². The summed E-state index contributed by atoms with van der Waals surface area (Å²) in [6, 6.07) is 15.8. The van der Waals surface area contributed by atoms with E-state index in [9.17, 15) is 5.11 Å². The zero-order chi connectivity index (χ0) is 20.1. The minimum absolute atomic E-state index is 0.258. The third kappa shape index (κ3) is 5.22. The number of benzene rings is 2. The Morgan fingerprint density at radius 2 is 1.76 bits per heavy atom. The van der Waals surface area contributed by atoms with Gasteiger partial charge in [-0.25, -0.2) is 9.97 Å². The normalized spacial score (nSPS) is 13.5. The topological polar surface area (TPSA) is 76.9 Å². The van der Waals surface area contributed by atoms with E-state index in [2.05, 4.69) is 14.9 Å². The maximum Gasteiger partial charge on any atom is 0.321 e. The van der Waals surface area contributed by atoms with Crippen LogP contribution in [0.4, 0.5) is 0 Å². The predicted octanol–water partition coefficient (Wildman–Crippen LogP) is 3.38. The Bertz CT molecular complexity index is 950. The number of rotatable bonds is 8. The average molecular weight is 393 g/mol. The summed E-state index contributed by atoms with van der Waals surface area (Å²) in [5, 5.41) is 9.96. The van der Waals surface area contributed by atoms with Gasteiger partial charge in [-0.3, -0.25) is 4.90 Å². The molecule has 0 bridgehead atoms. The third-order valence-electron chi connectivity index (χ3n) is 4.42. The Kier molecular flexibility index (Phi) is 5.88. The molecule has 29 heavy (non-hydrogen) atoms. The average Bonchev–Trinajstić information content (AvgIpc) is 3.16. The van der Waals surface area contributed by atoms with Crippen molar-refractivity contribution >= 4 is 0 Å². The second-order valence-electron chi connectivity index (χ2n) is 6.99. The second-order valence-corrected chi connectivity index (χ2v) is 6.99. The van der Waals surface area contributed by atoms with Gasteiger partial charge in [0.2, 0.25) is 6.79 Å². The molecule has 0 saturated carbocycles. The molecule has 3 aromatic rings. The standard InChI is InChI=1S/C22H23N3O4/c1-16(26)12-25(14-18-6-7-20-21(11-18)28-15-27-20)13-17-4-2-5-19(10-17)29-22-23-8-3-9-24-22/h2-11,16,26H,12-15H2,1H3/t16-/m1/s1. The number of fused-ring (bicyclic) bond motifs is 1. The third-order valence-corrected chi connectivity index (χ3v) is 4.42. The largest absolute Gasteiger partial charge is 0.454 e. The van der Waals surface area contributed by atoms with Crippen molar-refractivity contribution in [3.05, 3.63) is 72.1 Å². The van der Waals surface area contributed by atoms with Crippen LogP contribution in [0.3, 0.4) is 0 Å². The van der Waals surface area contributed by atoms with Gasteiger partial charge in [0.05, 0.1) is 6.10 Å². The molecule has 0 aliphatic carbocycles. The molecule has 1 atom stereocenters. The minimum atomic E-state index is -0.443. The molecule has 0 spiro atoms. The monoisotopic (exact) mass is 393 g/mol. The van der Waals surface area contributed by atoms with E-state index in [-0.39, 0.29) is 6.79 Å². The number of hydrogen-bond donors (Lipinski definition) is 1. The molecule has 0 saturated heterocycles. The van der Waals surface area contributed by atoms with Crippen molar-refractivity contribution in [2.45, 2.75) is 26.1 Å². The van der Waals surface area contributed by atoms with Crippen LogP contribution in [0.15, 0.2) is 60.9 Å². The summed E-state index contributed by atoms with van der Waals surface area (Å²) in [6.45, 7) is 3.93. The molecule has 7 nitrogen and oxygen atoms in total. The summed E-state index contributed by atoms with van der Waals surface area (Å²) < 4.78 is 16.6. The summed E-state index contributed by atoms with van der Waals surface area (Å²) in [4.78, 5) is 10.4. The Labute approximate surface area is 169 Å². The number of nitrogens with zero attached hydrogens (tertiary/aromatic N) is 3. The lowest BCUT2D eigenvalue weighted by molar-refractivity contribution is 0.118. The van der Waals surface area contributed by atoms with E-state index in [1.807, 2.05) is 42.5 Å². The molecular weight excluding hydrogens is 370 g/mol. The predicted molar refractivity (Wildman–Crippen MR) is 107 cm³/mol. The lowest BCUT2D eigenvalue weighted by Crippen LogP contribution is -2.30. The lowest BCUT2D eigenvalue weighted by Gasteiger charge is -2.24. The first kappa shape index (κ1) is 19.2. The van der Waals surface area contributed by atoms with E-state index in [1.165, 1.54) is 0 Å². The van der Waals surface area contributed by atoms with Crippen LogP contribution in [-0.2, 0) is 13.1 Å². The molecule has 1 aliphatic rings. The Morgan fingerprint density at radius 1 is 1.00 bits per heavy atom. The lowest BCUT2D eigenvalue weighted by atomic mass is 10.1. The van der Waals surface area contributed by atoms with E-state index in [4.69, 9.17) is 14.2 Å². The molecule has 4 rings (SSSR count). The number of ether oxygens (including phenoxy) is 3. The smallest absolute Gasteiger partial charge is 0.321 e. The maximum atomic E-state index is 9.96. The molecule has 2 heterocycles. The van der Waals surface area contributed by atoms with Gasteiger partial charge in [0, 0.05) is 32.0 Å². The number of hydrogen-bond acceptors (Lipinski definition) is 7. The quantitative estimate of drug-likeness (QED) is 0.629. The van der Waals surface area contributed by atoms with Gasteiger partial charge in [0.1, 0.15) is 5.75 Å². The highest BCUT2D eigenvalue weighted by molar-refractivity contribution is 5.44. The summed E-state index contributed by atoms with van der Waals surface area (Å²) in [5.74, 6) is 2.20. The zero-order valence-corrected chi connectivity index (χ0v) is 16.2. The van der Waals surface area contributed by atoms with Crippen molar-refractivity contribution < 1.29 is 19.3 Å². The minimum Gasteiger partial charge on any atom is -0.454 e. The second kappa shape index (κ2) is 8.89. The van der Waals surface area contributed by atoms with Gasteiger partial charge in [0.15, 0.2) is 11.5 Å². The first-order chi connectivity index (χ1) is 14.2. The fraction of sp³-hybridized carbons (Fsp3) is 0.273. The van der Waals surface area contributed by atoms with Gasteiger partial charge < -0.3 is 19.3 Å². The molecular formula is C22H23N3O4. The van der Waals surface area contributed by atoms with Crippen LogP contribution in [0.5, 0.6) is 23.3 Å². The van der Waals surface area contributed by atoms with E-state index in [1.54, 1.807) is 25.4 Å². The van der Waals surface area contributed by atoms with Gasteiger partial charge in [-0.15, -0.1) is 0 Å². The highest BCUT2D eigenvalue weighted by atomic mass is 16.7. The summed E-state index contributed by atoms with van der Waals surface area (Å²) >= 11 is 0. The molecule has 7 heteroatoms. The molecule has 0 fully saturated rings. The van der Waals surface area contributed by atoms with Crippen molar-refractivity contribution in [1.82, 2.24) is 14.9 Å². The summed E-state index contributed by atoms with van der Waals surface area (Å²) in [6.07, 6.45) is 2.84. The van der Waals surface area contributed by atoms with Crippen LogP contribution in [0.1, 0.15) is 18.1 Å². The Morgan fingerprint density at radius 3 is 2.55 bits per heavy atom. The van der Waals surface area contributed by atoms with Crippen molar-refractivity contribution in [2.75, 3.05) is 13.3 Å². The highest BCUT2D eigenvalue weighted by Crippen LogP contribution is 2.33. The van der Waals surface area contributed by atoms with E-state index in [0.29, 0.717) is 31.4 Å². The van der Waals surface area contributed by atoms with Crippen LogP contribution < -0.4 is 14.2 Å². The molecule has 1 N–H and O–H groups in total. The molecule has 1 aromatic heterocycles. The van der Waals surface area contributed by atoms with Gasteiger partial charge >= 0.3 is 6.01 Å². The van der Waals surface area contributed by atoms with Crippen LogP contribution in [0.2, 0.25) is 0 Å². The van der Waals surface area contributed by atoms with Crippen LogP contribution >= 0.6 is 0 Å². The zero-order valence-electron chi connectivity index (χ0n) is 16.2. The summed E-state index contributed by atoms with van der Waals surface area (Å²) in [5.41, 5.74) is 2.17. The Hall–Kier alpha value is -3.16. The van der Waals surface area contributed by atoms with Gasteiger partial charge in [-0.2, -0.15) is 0 Å². The number of aromatic nitrogens is 2. The summed E-state index contributed by atoms with van der Waals surface area (Å²) in [7, 11) is 0. The van der Waals surface area contributed by atoms with E-state index in [0.717, 1.165) is 22.6 Å². The van der Waals surface area contributed by atoms with Crippen LogP contribution in [-0.4, -0.2) is 39.4 Å². The van der Waals surface area contributed by atoms with Crippen molar-refractivity contribution in [2.24, 2.45) is 0 Å². The van der Waals surface area contributed by atoms with Crippen LogP contribution in [0, 0.1) is 0 Å². The fourth-order valence-electron chi connectivity index (χ4n) is 3.27. The van der Waals surface area contributed by atoms with Gasteiger partial charge in [-0.1, -0.05) is 18.2 Å². The van der Waals surface area contributed by atoms with E-state index >= 15 is 0 Å². The number of aliphatic hydroxyl groups is 1. The fourth-order valence-corrected chi connectivity index (χ4v) is 3.27. The van der Waals surface area contributed by atoms with Crippen molar-refractivity contribution in [3.8, 4) is 23.3 Å². The van der Waals surface area contributed by atoms with E-state index < -0.39 is 6.10 Å². The molecule has 0 radical (unpaired) electrons. The molecule has 150 valence electrons. The van der Waals surface area contributed by atoms with Crippen LogP contribution in [0.25, 0.3) is 0 Å². The maximum absolute atomic E-state index is 9.96. The van der Waals surface area contributed by atoms with Gasteiger partial charge in [0.25, 0.3) is 0 Å². The molecule has 0 amide bonds. The molecule has 2 aromatic carbocycles. The first-order valence-electron chi connectivity index (χ1n) is 9.48.